The standard InChI is InChI=1S/C17H26N2O/c1-4-18-16-8-7-14(3)12-15(16)17(20)19-10-5-6-13(2)9-11-19/h7-8,12-13,18H,4-6,9-11H2,1-3H3. The van der Waals surface area contributed by atoms with Gasteiger partial charge in [-0.1, -0.05) is 18.6 Å². The number of aryl methyl sites for hydroxylation is 1. The Kier molecular flexibility index (Phi) is 5.05. The molecule has 1 atom stereocenters. The number of nitrogens with zero attached hydrogens (tertiary/aromatic N) is 1. The van der Waals surface area contributed by atoms with Crippen LogP contribution in [0.25, 0.3) is 0 Å². The molecule has 1 unspecified atom stereocenters. The van der Waals surface area contributed by atoms with Crippen LogP contribution in [-0.2, 0) is 0 Å². The molecule has 0 bridgehead atoms. The normalized spacial score (nSPS) is 19.6. The van der Waals surface area contributed by atoms with Crippen molar-refractivity contribution in [3.63, 3.8) is 0 Å². The van der Waals surface area contributed by atoms with Gasteiger partial charge in [-0.25, -0.2) is 0 Å². The fourth-order valence-electron chi connectivity index (χ4n) is 2.82. The fraction of sp³-hybridized carbons (Fsp3) is 0.588. The SMILES string of the molecule is CCNc1ccc(C)cc1C(=O)N1CCCC(C)CC1. The zero-order valence-electron chi connectivity index (χ0n) is 12.9. The van der Waals surface area contributed by atoms with E-state index in [1.165, 1.54) is 6.42 Å². The Morgan fingerprint density at radius 2 is 2.15 bits per heavy atom. The fourth-order valence-corrected chi connectivity index (χ4v) is 2.82. The molecule has 1 aliphatic heterocycles. The van der Waals surface area contributed by atoms with Gasteiger partial charge < -0.3 is 10.2 Å². The van der Waals surface area contributed by atoms with E-state index in [1.54, 1.807) is 0 Å². The van der Waals surface area contributed by atoms with Gasteiger partial charge in [-0.2, -0.15) is 0 Å². The lowest BCUT2D eigenvalue weighted by Gasteiger charge is -2.22. The number of rotatable bonds is 3. The van der Waals surface area contributed by atoms with E-state index in [4.69, 9.17) is 0 Å². The van der Waals surface area contributed by atoms with Gasteiger partial charge in [0.15, 0.2) is 0 Å². The van der Waals surface area contributed by atoms with Gasteiger partial charge >= 0.3 is 0 Å². The Hall–Kier alpha value is -1.51. The largest absolute Gasteiger partial charge is 0.385 e. The van der Waals surface area contributed by atoms with Crippen LogP contribution in [0.4, 0.5) is 5.69 Å². The van der Waals surface area contributed by atoms with E-state index in [2.05, 4.69) is 25.2 Å². The molecule has 1 fully saturated rings. The number of hydrogen-bond acceptors (Lipinski definition) is 2. The summed E-state index contributed by atoms with van der Waals surface area (Å²) in [6, 6.07) is 6.08. The molecule has 0 saturated carbocycles. The van der Waals surface area contributed by atoms with Crippen molar-refractivity contribution >= 4 is 11.6 Å². The first-order valence-corrected chi connectivity index (χ1v) is 7.75. The third kappa shape index (κ3) is 3.53. The molecule has 0 aromatic heterocycles. The first kappa shape index (κ1) is 14.9. The van der Waals surface area contributed by atoms with Crippen LogP contribution in [0.5, 0.6) is 0 Å². The summed E-state index contributed by atoms with van der Waals surface area (Å²) in [7, 11) is 0. The molecule has 1 aromatic rings. The topological polar surface area (TPSA) is 32.3 Å². The van der Waals surface area contributed by atoms with E-state index in [0.29, 0.717) is 0 Å². The molecular weight excluding hydrogens is 248 g/mol. The Bertz CT molecular complexity index is 470. The predicted molar refractivity (Wildman–Crippen MR) is 84.3 cm³/mol. The molecule has 1 aromatic carbocycles. The summed E-state index contributed by atoms with van der Waals surface area (Å²) in [6.07, 6.45) is 3.47. The summed E-state index contributed by atoms with van der Waals surface area (Å²) in [6.45, 7) is 8.99. The van der Waals surface area contributed by atoms with Gasteiger partial charge in [-0.15, -0.1) is 0 Å². The van der Waals surface area contributed by atoms with Gasteiger partial charge in [-0.05, 0) is 51.2 Å². The van der Waals surface area contributed by atoms with E-state index in [-0.39, 0.29) is 5.91 Å². The van der Waals surface area contributed by atoms with Crippen LogP contribution in [0.1, 0.15) is 49.0 Å². The Balaban J connectivity index is 2.21. The predicted octanol–water partition coefficient (Wildman–Crippen LogP) is 3.69. The third-order valence-corrected chi connectivity index (χ3v) is 4.08. The van der Waals surface area contributed by atoms with E-state index in [0.717, 1.165) is 55.2 Å². The van der Waals surface area contributed by atoms with E-state index < -0.39 is 0 Å². The van der Waals surface area contributed by atoms with Gasteiger partial charge in [0.2, 0.25) is 0 Å². The lowest BCUT2D eigenvalue weighted by molar-refractivity contribution is 0.0761. The van der Waals surface area contributed by atoms with Crippen LogP contribution in [0.3, 0.4) is 0 Å². The number of nitrogens with one attached hydrogen (secondary N) is 1. The minimum absolute atomic E-state index is 0.179. The highest BCUT2D eigenvalue weighted by atomic mass is 16.2. The average Bonchev–Trinajstić information content (AvgIpc) is 2.65. The lowest BCUT2D eigenvalue weighted by Crippen LogP contribution is -2.32. The van der Waals surface area contributed by atoms with Crippen LogP contribution < -0.4 is 5.32 Å². The van der Waals surface area contributed by atoms with Crippen LogP contribution in [0.15, 0.2) is 18.2 Å². The molecule has 3 nitrogen and oxygen atoms in total. The van der Waals surface area contributed by atoms with E-state index in [1.807, 2.05) is 24.0 Å². The molecule has 1 aliphatic rings. The van der Waals surface area contributed by atoms with E-state index in [9.17, 15) is 4.79 Å². The number of carbonyl (C=O) groups excluding carboxylic acids is 1. The molecule has 0 radical (unpaired) electrons. The molecule has 0 spiro atoms. The highest BCUT2D eigenvalue weighted by molar-refractivity contribution is 5.99. The van der Waals surface area contributed by atoms with E-state index >= 15 is 0 Å². The number of hydrogen-bond donors (Lipinski definition) is 1. The molecule has 3 heteroatoms. The van der Waals surface area contributed by atoms with Gasteiger partial charge in [0.05, 0.1) is 5.56 Å². The lowest BCUT2D eigenvalue weighted by atomic mass is 10.0. The highest BCUT2D eigenvalue weighted by Crippen LogP contribution is 2.22. The van der Waals surface area contributed by atoms with Crippen molar-refractivity contribution in [1.29, 1.82) is 0 Å². The maximum atomic E-state index is 12.8. The number of carbonyl (C=O) groups is 1. The van der Waals surface area contributed by atoms with Crippen molar-refractivity contribution in [2.24, 2.45) is 5.92 Å². The summed E-state index contributed by atoms with van der Waals surface area (Å²) in [5.41, 5.74) is 2.92. The third-order valence-electron chi connectivity index (χ3n) is 4.08. The average molecular weight is 274 g/mol. The first-order chi connectivity index (χ1) is 9.61. The zero-order chi connectivity index (χ0) is 14.5. The van der Waals surface area contributed by atoms with Gasteiger partial charge in [0.25, 0.3) is 5.91 Å². The van der Waals surface area contributed by atoms with Crippen molar-refractivity contribution in [2.75, 3.05) is 25.0 Å². The molecule has 110 valence electrons. The number of benzene rings is 1. The monoisotopic (exact) mass is 274 g/mol. The number of likely N-dealkylation sites (tertiary alicyclic amines) is 1. The van der Waals surface area contributed by atoms with Crippen molar-refractivity contribution in [3.8, 4) is 0 Å². The van der Waals surface area contributed by atoms with Crippen LogP contribution in [0.2, 0.25) is 0 Å². The quantitative estimate of drug-likeness (QED) is 0.911. The summed E-state index contributed by atoms with van der Waals surface area (Å²) < 4.78 is 0. The van der Waals surface area contributed by atoms with Crippen LogP contribution >= 0.6 is 0 Å². The Morgan fingerprint density at radius 1 is 1.35 bits per heavy atom. The molecule has 20 heavy (non-hydrogen) atoms. The van der Waals surface area contributed by atoms with Crippen molar-refractivity contribution in [3.05, 3.63) is 29.3 Å². The summed E-state index contributed by atoms with van der Waals surface area (Å²) >= 11 is 0. The molecule has 2 rings (SSSR count). The smallest absolute Gasteiger partial charge is 0.255 e. The van der Waals surface area contributed by atoms with Gasteiger partial charge in [-0.3, -0.25) is 4.79 Å². The summed E-state index contributed by atoms with van der Waals surface area (Å²) in [4.78, 5) is 14.8. The molecule has 1 saturated heterocycles. The number of anilines is 1. The summed E-state index contributed by atoms with van der Waals surface area (Å²) in [5, 5.41) is 3.30. The molecule has 1 heterocycles. The van der Waals surface area contributed by atoms with Crippen molar-refractivity contribution in [2.45, 2.75) is 40.0 Å². The second-order valence-corrected chi connectivity index (χ2v) is 5.91. The highest BCUT2D eigenvalue weighted by Gasteiger charge is 2.21. The van der Waals surface area contributed by atoms with Gasteiger partial charge in [0, 0.05) is 25.3 Å². The number of amides is 1. The first-order valence-electron chi connectivity index (χ1n) is 7.75. The Morgan fingerprint density at radius 3 is 2.90 bits per heavy atom. The second kappa shape index (κ2) is 6.78. The van der Waals surface area contributed by atoms with Gasteiger partial charge in [0.1, 0.15) is 0 Å². The molecule has 1 amide bonds. The zero-order valence-corrected chi connectivity index (χ0v) is 12.9. The molecular formula is C17H26N2O. The minimum atomic E-state index is 0.179. The maximum absolute atomic E-state index is 12.8. The second-order valence-electron chi connectivity index (χ2n) is 5.91. The van der Waals surface area contributed by atoms with Crippen molar-refractivity contribution < 1.29 is 4.79 Å². The van der Waals surface area contributed by atoms with Crippen LogP contribution in [-0.4, -0.2) is 30.4 Å². The summed E-state index contributed by atoms with van der Waals surface area (Å²) in [5.74, 6) is 0.914. The minimum Gasteiger partial charge on any atom is -0.385 e. The Labute approximate surface area is 122 Å². The molecule has 1 N–H and O–H groups in total. The maximum Gasteiger partial charge on any atom is 0.255 e. The van der Waals surface area contributed by atoms with Crippen molar-refractivity contribution in [1.82, 2.24) is 4.90 Å². The molecule has 0 aliphatic carbocycles. The van der Waals surface area contributed by atoms with Crippen LogP contribution in [0, 0.1) is 12.8 Å².